The van der Waals surface area contributed by atoms with Crippen LogP contribution in [0.5, 0.6) is 0 Å². The Morgan fingerprint density at radius 2 is 1.50 bits per heavy atom. The molecular weight excluding hydrogens is 682 g/mol. The standard InChI is InChI=1S/C40H50NO6PSSi/c1-8-26-46-39(44)37(48(31-20-12-9-13-21-31,32-22-14-10-15-23-32)33-24-16-11-17-25-33)41-36(43)35(29(2)47-50(6,7)40(3,4)5)38(41)49-34(42)28-30-19-18-27-45-30/h8-17,20-25,29-30,35,38H,1,18-19,26-28H2,2-7H3/t29-,30?,35+,38-/m1/s1. The van der Waals surface area contributed by atoms with E-state index >= 15 is 0 Å². The molecule has 3 aromatic carbocycles. The molecule has 1 amide bonds. The Hall–Kier alpha value is -3.20. The third-order valence-corrected chi connectivity index (χ3v) is 20.0. The van der Waals surface area contributed by atoms with Crippen LogP contribution < -0.4 is 15.9 Å². The van der Waals surface area contributed by atoms with Gasteiger partial charge in [-0.15, -0.1) is 0 Å². The normalized spacial score (nSPS) is 20.2. The first kappa shape index (κ1) is 38.0. The Labute approximate surface area is 302 Å². The van der Waals surface area contributed by atoms with Gasteiger partial charge >= 0.3 is 5.97 Å². The van der Waals surface area contributed by atoms with Crippen LogP contribution in [-0.2, 0) is 28.3 Å². The third kappa shape index (κ3) is 7.68. The van der Waals surface area contributed by atoms with E-state index in [0.717, 1.165) is 40.5 Å². The number of thioether (sulfide) groups is 1. The summed E-state index contributed by atoms with van der Waals surface area (Å²) in [6.07, 6.45) is 2.86. The van der Waals surface area contributed by atoms with Crippen molar-refractivity contribution >= 4 is 65.3 Å². The molecule has 0 aliphatic carbocycles. The first-order valence-corrected chi connectivity index (χ1v) is 22.9. The van der Waals surface area contributed by atoms with E-state index in [1.807, 2.05) is 97.9 Å². The predicted octanol–water partition coefficient (Wildman–Crippen LogP) is 6.86. The minimum absolute atomic E-state index is 0.0349. The van der Waals surface area contributed by atoms with E-state index in [9.17, 15) is 14.4 Å². The topological polar surface area (TPSA) is 82.1 Å². The van der Waals surface area contributed by atoms with E-state index in [1.165, 1.54) is 6.08 Å². The average Bonchev–Trinajstić information content (AvgIpc) is 3.60. The number of benzene rings is 3. The van der Waals surface area contributed by atoms with Crippen molar-refractivity contribution in [1.29, 1.82) is 0 Å². The van der Waals surface area contributed by atoms with Crippen LogP contribution in [0.4, 0.5) is 0 Å². The predicted molar refractivity (Wildman–Crippen MR) is 209 cm³/mol. The Morgan fingerprint density at radius 3 is 1.94 bits per heavy atom. The van der Waals surface area contributed by atoms with Gasteiger partial charge in [-0.05, 0) is 53.8 Å². The molecule has 0 radical (unpaired) electrons. The largest absolute Gasteiger partial charge is 0.457 e. The number of ether oxygens (including phenoxy) is 2. The highest BCUT2D eigenvalue weighted by Crippen LogP contribution is 2.52. The van der Waals surface area contributed by atoms with Gasteiger partial charge in [0.05, 0.1) is 18.1 Å². The molecule has 2 saturated heterocycles. The maximum absolute atomic E-state index is 14.9. The van der Waals surface area contributed by atoms with Gasteiger partial charge < -0.3 is 13.9 Å². The maximum atomic E-state index is 14.9. The fourth-order valence-electron chi connectivity index (χ4n) is 6.52. The van der Waals surface area contributed by atoms with Crippen molar-refractivity contribution in [2.24, 2.45) is 5.92 Å². The summed E-state index contributed by atoms with van der Waals surface area (Å²) >= 11 is 1.12. The zero-order chi connectivity index (χ0) is 36.1. The van der Waals surface area contributed by atoms with Gasteiger partial charge in [0.25, 0.3) is 0 Å². The van der Waals surface area contributed by atoms with Crippen molar-refractivity contribution in [2.75, 3.05) is 13.2 Å². The number of carbonyl (C=O) groups excluding carboxylic acids is 3. The third-order valence-electron chi connectivity index (χ3n) is 10.0. The SMILES string of the molecule is C=CCOC(=O)C(N1C(=O)[C@H]([C@@H](C)O[Si](C)(C)C(C)(C)C)[C@H]1SC(=O)CC1CCCO1)=P(c1ccccc1)(c1ccccc1)c1ccccc1. The fourth-order valence-corrected chi connectivity index (χ4v) is 13.8. The van der Waals surface area contributed by atoms with Crippen molar-refractivity contribution in [3.8, 4) is 0 Å². The number of hydrogen-bond acceptors (Lipinski definition) is 7. The maximum Gasteiger partial charge on any atom is 0.356 e. The van der Waals surface area contributed by atoms with Crippen LogP contribution in [0.1, 0.15) is 47.0 Å². The van der Waals surface area contributed by atoms with Gasteiger partial charge in [0.15, 0.2) is 13.4 Å². The number of nitrogens with zero attached hydrogens (tertiary/aromatic N) is 1. The van der Waals surface area contributed by atoms with Crippen molar-refractivity contribution in [1.82, 2.24) is 4.90 Å². The van der Waals surface area contributed by atoms with Crippen LogP contribution in [0, 0.1) is 5.92 Å². The molecule has 5 rings (SSSR count). The lowest BCUT2D eigenvalue weighted by Gasteiger charge is -2.52. The first-order chi connectivity index (χ1) is 23.8. The highest BCUT2D eigenvalue weighted by molar-refractivity contribution is 8.14. The molecule has 0 saturated carbocycles. The zero-order valence-electron chi connectivity index (χ0n) is 30.0. The van der Waals surface area contributed by atoms with E-state index in [4.69, 9.17) is 13.9 Å². The van der Waals surface area contributed by atoms with Crippen molar-refractivity contribution < 1.29 is 28.3 Å². The van der Waals surface area contributed by atoms with Gasteiger partial charge in [-0.3, -0.25) is 14.5 Å². The molecule has 1 unspecified atom stereocenters. The molecule has 7 nitrogen and oxygen atoms in total. The van der Waals surface area contributed by atoms with Crippen molar-refractivity contribution in [3.05, 3.63) is 104 Å². The summed E-state index contributed by atoms with van der Waals surface area (Å²) in [5.74, 6) is -1.53. The Bertz CT molecular complexity index is 1620. The molecule has 10 heteroatoms. The molecule has 4 atom stereocenters. The number of hydrogen-bond donors (Lipinski definition) is 0. The Kier molecular flexibility index (Phi) is 12.2. The van der Waals surface area contributed by atoms with Gasteiger partial charge in [0.1, 0.15) is 17.4 Å². The van der Waals surface area contributed by atoms with E-state index < -0.39 is 38.6 Å². The minimum Gasteiger partial charge on any atom is -0.457 e. The summed E-state index contributed by atoms with van der Waals surface area (Å²) in [4.78, 5) is 45.2. The van der Waals surface area contributed by atoms with E-state index in [0.29, 0.717) is 6.61 Å². The number of likely N-dealkylation sites (tertiary alicyclic amines) is 1. The lowest BCUT2D eigenvalue weighted by molar-refractivity contribution is -0.151. The molecule has 0 aromatic heterocycles. The number of amides is 1. The van der Waals surface area contributed by atoms with Gasteiger partial charge in [-0.2, -0.15) is 0 Å². The summed E-state index contributed by atoms with van der Waals surface area (Å²) in [6, 6.07) is 29.7. The second-order valence-electron chi connectivity index (χ2n) is 14.4. The molecule has 2 aliphatic rings. The highest BCUT2D eigenvalue weighted by Gasteiger charge is 2.58. The van der Waals surface area contributed by atoms with E-state index in [2.05, 4.69) is 40.4 Å². The molecule has 3 aromatic rings. The molecule has 2 fully saturated rings. The molecule has 2 heterocycles. The van der Waals surface area contributed by atoms with Crippen LogP contribution in [0.25, 0.3) is 0 Å². The van der Waals surface area contributed by atoms with Crippen LogP contribution in [0.3, 0.4) is 0 Å². The molecule has 2 aliphatic heterocycles. The van der Waals surface area contributed by atoms with Gasteiger partial charge in [-0.1, -0.05) is 136 Å². The van der Waals surface area contributed by atoms with Crippen LogP contribution in [-0.4, -0.2) is 66.4 Å². The number of β-lactam (4-membered cyclic amide) rings is 1. The second kappa shape index (κ2) is 16.0. The molecule has 266 valence electrons. The van der Waals surface area contributed by atoms with Crippen molar-refractivity contribution in [3.63, 3.8) is 0 Å². The fraction of sp³-hybridized carbons (Fsp3) is 0.400. The minimum atomic E-state index is -3.12. The quantitative estimate of drug-likeness (QED) is 0.0625. The van der Waals surface area contributed by atoms with Crippen LogP contribution in [0.15, 0.2) is 104 Å². The van der Waals surface area contributed by atoms with E-state index in [-0.39, 0.29) is 40.6 Å². The summed E-state index contributed by atoms with van der Waals surface area (Å²) in [5, 5.41) is 1.80. The van der Waals surface area contributed by atoms with Gasteiger partial charge in [-0.25, -0.2) is 4.79 Å². The molecular formula is C40H50NO6PSSi. The summed E-state index contributed by atoms with van der Waals surface area (Å²) in [5.41, 5.74) is 0.242. The monoisotopic (exact) mass is 731 g/mol. The molecule has 0 bridgehead atoms. The van der Waals surface area contributed by atoms with Crippen LogP contribution in [0.2, 0.25) is 18.1 Å². The van der Waals surface area contributed by atoms with Gasteiger partial charge in [0.2, 0.25) is 5.91 Å². The molecule has 0 N–H and O–H groups in total. The first-order valence-electron chi connectivity index (χ1n) is 17.4. The lowest BCUT2D eigenvalue weighted by Crippen LogP contribution is -2.68. The van der Waals surface area contributed by atoms with E-state index in [1.54, 1.807) is 4.90 Å². The number of esters is 1. The molecule has 50 heavy (non-hydrogen) atoms. The zero-order valence-corrected chi connectivity index (χ0v) is 32.8. The Balaban J connectivity index is 1.79. The van der Waals surface area contributed by atoms with Crippen LogP contribution >= 0.6 is 18.6 Å². The summed E-state index contributed by atoms with van der Waals surface area (Å²) in [6.45, 7) is 14.0. The average molecular weight is 732 g/mol. The summed E-state index contributed by atoms with van der Waals surface area (Å²) < 4.78 is 18.6. The number of carbonyl (C=O) groups is 3. The lowest BCUT2D eigenvalue weighted by atomic mass is 9.93. The molecule has 0 spiro atoms. The second-order valence-corrected chi connectivity index (χ2v) is 23.7. The number of rotatable bonds is 13. The Morgan fingerprint density at radius 1 is 0.980 bits per heavy atom. The summed E-state index contributed by atoms with van der Waals surface area (Å²) in [7, 11) is -2.31. The van der Waals surface area contributed by atoms with Crippen molar-refractivity contribution in [2.45, 2.75) is 82.7 Å². The van der Waals surface area contributed by atoms with Gasteiger partial charge in [0, 0.05) is 19.9 Å². The smallest absolute Gasteiger partial charge is 0.356 e. The highest BCUT2D eigenvalue weighted by atomic mass is 32.2.